The normalized spacial score (nSPS) is 10.4. The van der Waals surface area contributed by atoms with Gasteiger partial charge in [-0.2, -0.15) is 0 Å². The van der Waals surface area contributed by atoms with Gasteiger partial charge in [0.1, 0.15) is 0 Å². The number of carbonyl (C=O) groups is 1. The second-order valence-electron chi connectivity index (χ2n) is 6.41. The van der Waals surface area contributed by atoms with Gasteiger partial charge in [-0.05, 0) is 30.7 Å². The topological polar surface area (TPSA) is 50.2 Å². The Kier molecular flexibility index (Phi) is 9.50. The van der Waals surface area contributed by atoms with Crippen LogP contribution in [0.1, 0.15) is 25.0 Å². The minimum absolute atomic E-state index is 0. The van der Waals surface area contributed by atoms with Crippen molar-refractivity contribution in [3.63, 3.8) is 0 Å². The first-order valence-electron chi connectivity index (χ1n) is 8.75. The molecule has 0 amide bonds. The molecular formula is C24H24IrNO2-. The Labute approximate surface area is 180 Å². The fourth-order valence-electron chi connectivity index (χ4n) is 2.47. The minimum atomic E-state index is -0.125. The van der Waals surface area contributed by atoms with E-state index in [0.29, 0.717) is 0 Å². The Morgan fingerprint density at radius 1 is 1.00 bits per heavy atom. The van der Waals surface area contributed by atoms with Crippen LogP contribution < -0.4 is 0 Å². The first kappa shape index (κ1) is 23.5. The molecule has 0 aliphatic rings. The Hall–Kier alpha value is -2.55. The van der Waals surface area contributed by atoms with Crippen LogP contribution in [0, 0.1) is 19.9 Å². The molecule has 0 unspecified atom stereocenters. The van der Waals surface area contributed by atoms with Crippen LogP contribution in [0.15, 0.2) is 72.6 Å². The van der Waals surface area contributed by atoms with E-state index in [0.717, 1.165) is 16.8 Å². The number of hydrogen-bond acceptors (Lipinski definition) is 3. The average molecular weight is 551 g/mol. The monoisotopic (exact) mass is 551 g/mol. The smallest absolute Gasteiger partial charge is 0.155 e. The molecule has 1 radical (unpaired) electrons. The van der Waals surface area contributed by atoms with Crippen molar-refractivity contribution >= 4 is 5.78 Å². The number of aliphatic hydroxyl groups excluding tert-OH is 1. The van der Waals surface area contributed by atoms with Crippen molar-refractivity contribution in [3.8, 4) is 22.4 Å². The van der Waals surface area contributed by atoms with E-state index in [2.05, 4.69) is 55.2 Å². The van der Waals surface area contributed by atoms with Crippen LogP contribution in [0.2, 0.25) is 0 Å². The summed E-state index contributed by atoms with van der Waals surface area (Å²) in [6.45, 7) is 7.06. The summed E-state index contributed by atoms with van der Waals surface area (Å²) in [6.07, 6.45) is 3.09. The first-order valence-corrected chi connectivity index (χ1v) is 8.75. The maximum absolute atomic E-state index is 10.0. The average Bonchev–Trinajstić information content (AvgIpc) is 2.64. The Bertz CT molecular complexity index is 929. The molecule has 1 heterocycles. The van der Waals surface area contributed by atoms with Crippen molar-refractivity contribution in [1.29, 1.82) is 0 Å². The fourth-order valence-corrected chi connectivity index (χ4v) is 2.47. The number of nitrogens with zero attached hydrogens (tertiary/aromatic N) is 1. The van der Waals surface area contributed by atoms with Gasteiger partial charge in [-0.25, -0.2) is 0 Å². The number of hydrogen-bond donors (Lipinski definition) is 1. The van der Waals surface area contributed by atoms with Gasteiger partial charge in [-0.1, -0.05) is 56.3 Å². The van der Waals surface area contributed by atoms with E-state index < -0.39 is 0 Å². The molecule has 0 aliphatic heterocycles. The molecule has 0 spiro atoms. The minimum Gasteiger partial charge on any atom is -0.512 e. The van der Waals surface area contributed by atoms with Gasteiger partial charge in [0, 0.05) is 32.4 Å². The molecule has 3 nitrogen and oxygen atoms in total. The largest absolute Gasteiger partial charge is 0.512 e. The van der Waals surface area contributed by atoms with Gasteiger partial charge in [-0.15, -0.1) is 34.9 Å². The van der Waals surface area contributed by atoms with Gasteiger partial charge in [0.2, 0.25) is 0 Å². The zero-order valence-electron chi connectivity index (χ0n) is 16.5. The van der Waals surface area contributed by atoms with Gasteiger partial charge in [0.05, 0.1) is 5.76 Å². The number of allylic oxidation sites excluding steroid dienone is 2. The SMILES string of the molecule is CC(=O)/C=C(/C)O.Cc1c[c-]c(-c2ccc(-c3ccccc3)cn2)cc1C.[Ir]. The zero-order valence-corrected chi connectivity index (χ0v) is 18.9. The maximum atomic E-state index is 10.0. The molecule has 3 aromatic rings. The van der Waals surface area contributed by atoms with E-state index in [1.54, 1.807) is 0 Å². The number of carbonyl (C=O) groups excluding carboxylic acids is 1. The second kappa shape index (κ2) is 11.3. The van der Waals surface area contributed by atoms with E-state index in [1.165, 1.54) is 36.6 Å². The number of pyridine rings is 1. The summed E-state index contributed by atoms with van der Waals surface area (Å²) in [7, 11) is 0. The number of aryl methyl sites for hydroxylation is 2. The molecule has 2 aromatic carbocycles. The van der Waals surface area contributed by atoms with Crippen molar-refractivity contribution < 1.29 is 30.0 Å². The maximum Gasteiger partial charge on any atom is 0.155 e. The van der Waals surface area contributed by atoms with Crippen molar-refractivity contribution in [2.24, 2.45) is 0 Å². The molecule has 0 aliphatic carbocycles. The zero-order chi connectivity index (χ0) is 19.8. The number of rotatable bonds is 3. The summed E-state index contributed by atoms with van der Waals surface area (Å²) >= 11 is 0. The van der Waals surface area contributed by atoms with Crippen LogP contribution in [0.4, 0.5) is 0 Å². The molecule has 3 rings (SSSR count). The third-order valence-corrected chi connectivity index (χ3v) is 3.99. The van der Waals surface area contributed by atoms with E-state index in [-0.39, 0.29) is 31.6 Å². The third kappa shape index (κ3) is 7.22. The fraction of sp³-hybridized carbons (Fsp3) is 0.167. The molecule has 4 heteroatoms. The molecule has 0 saturated heterocycles. The quantitative estimate of drug-likeness (QED) is 0.252. The van der Waals surface area contributed by atoms with E-state index >= 15 is 0 Å². The molecule has 0 saturated carbocycles. The van der Waals surface area contributed by atoms with Gasteiger partial charge in [0.15, 0.2) is 5.78 Å². The van der Waals surface area contributed by atoms with E-state index in [4.69, 9.17) is 5.11 Å². The van der Waals surface area contributed by atoms with Crippen molar-refractivity contribution in [2.45, 2.75) is 27.7 Å². The van der Waals surface area contributed by atoms with E-state index in [9.17, 15) is 4.79 Å². The van der Waals surface area contributed by atoms with Gasteiger partial charge >= 0.3 is 0 Å². The van der Waals surface area contributed by atoms with Crippen molar-refractivity contribution in [3.05, 3.63) is 89.8 Å². The first-order chi connectivity index (χ1) is 12.9. The number of aliphatic hydroxyl groups is 1. The molecule has 0 fully saturated rings. The molecule has 28 heavy (non-hydrogen) atoms. The summed E-state index contributed by atoms with van der Waals surface area (Å²) in [6, 6.07) is 21.9. The summed E-state index contributed by atoms with van der Waals surface area (Å²) in [4.78, 5) is 14.6. The van der Waals surface area contributed by atoms with Gasteiger partial charge in [-0.3, -0.25) is 4.79 Å². The Morgan fingerprint density at radius 2 is 1.68 bits per heavy atom. The molecular weight excluding hydrogens is 526 g/mol. The van der Waals surface area contributed by atoms with Crippen LogP contribution in [0.25, 0.3) is 22.4 Å². The van der Waals surface area contributed by atoms with E-state index in [1.807, 2.05) is 30.5 Å². The number of benzene rings is 2. The summed E-state index contributed by atoms with van der Waals surface area (Å²) in [5, 5.41) is 8.36. The van der Waals surface area contributed by atoms with Gasteiger partial charge < -0.3 is 10.1 Å². The number of ketones is 1. The Morgan fingerprint density at radius 3 is 2.14 bits per heavy atom. The molecule has 1 N–H and O–H groups in total. The van der Waals surface area contributed by atoms with Crippen LogP contribution >= 0.6 is 0 Å². The Balaban J connectivity index is 0.000000425. The molecule has 1 aromatic heterocycles. The summed E-state index contributed by atoms with van der Waals surface area (Å²) < 4.78 is 0. The van der Waals surface area contributed by atoms with Crippen molar-refractivity contribution in [1.82, 2.24) is 4.98 Å². The third-order valence-electron chi connectivity index (χ3n) is 3.99. The molecule has 0 bridgehead atoms. The van der Waals surface area contributed by atoms with Crippen LogP contribution in [0.5, 0.6) is 0 Å². The summed E-state index contributed by atoms with van der Waals surface area (Å²) in [5.74, 6) is -0.0625. The number of aromatic nitrogens is 1. The van der Waals surface area contributed by atoms with Crippen LogP contribution in [-0.2, 0) is 24.9 Å². The van der Waals surface area contributed by atoms with Crippen LogP contribution in [-0.4, -0.2) is 15.9 Å². The second-order valence-corrected chi connectivity index (χ2v) is 6.41. The predicted octanol–water partition coefficient (Wildman–Crippen LogP) is 5.87. The van der Waals surface area contributed by atoms with Gasteiger partial charge in [0.25, 0.3) is 0 Å². The van der Waals surface area contributed by atoms with Crippen LogP contribution in [0.3, 0.4) is 0 Å². The summed E-state index contributed by atoms with van der Waals surface area (Å²) in [5.41, 5.74) is 6.87. The molecule has 147 valence electrons. The predicted molar refractivity (Wildman–Crippen MR) is 110 cm³/mol. The van der Waals surface area contributed by atoms with Crippen molar-refractivity contribution in [2.75, 3.05) is 0 Å². The standard InChI is InChI=1S/C19H16N.C5H8O2.Ir/c1-14-8-9-17(12-15(14)2)19-11-10-18(13-20-19)16-6-4-3-5-7-16;1-4(6)3-5(2)7;/h3-8,10-13H,1-2H3;3,6H,1-2H3;/q-1;;/b;4-3-;. The molecule has 0 atom stereocenters.